The highest BCUT2D eigenvalue weighted by Crippen LogP contribution is 1.84. The Balaban J connectivity index is 0. The SMILES string of the molecule is CCN(CC)C(C)=O.CNC. The smallest absolute Gasteiger partial charge is 0.219 e. The molecule has 0 aromatic heterocycles. The van der Waals surface area contributed by atoms with E-state index in [4.69, 9.17) is 0 Å². The summed E-state index contributed by atoms with van der Waals surface area (Å²) in [6.45, 7) is 7.19. The van der Waals surface area contributed by atoms with Crippen molar-refractivity contribution in [1.29, 1.82) is 0 Å². The van der Waals surface area contributed by atoms with Crippen LogP contribution in [0.2, 0.25) is 0 Å². The Labute approximate surface area is 69.8 Å². The van der Waals surface area contributed by atoms with Crippen molar-refractivity contribution < 1.29 is 4.79 Å². The first-order valence-corrected chi connectivity index (χ1v) is 3.97. The van der Waals surface area contributed by atoms with Gasteiger partial charge >= 0.3 is 0 Å². The molecule has 1 N–H and O–H groups in total. The second kappa shape index (κ2) is 9.43. The summed E-state index contributed by atoms with van der Waals surface area (Å²) in [4.78, 5) is 12.3. The minimum absolute atomic E-state index is 0.162. The average Bonchev–Trinajstić information content (AvgIpc) is 1.91. The molecule has 0 aliphatic rings. The summed E-state index contributed by atoms with van der Waals surface area (Å²) in [6, 6.07) is 0. The van der Waals surface area contributed by atoms with Gasteiger partial charge in [-0.1, -0.05) is 0 Å². The number of rotatable bonds is 2. The molecule has 0 unspecified atom stereocenters. The first kappa shape index (κ1) is 13.1. The van der Waals surface area contributed by atoms with Gasteiger partial charge in [0.15, 0.2) is 0 Å². The highest BCUT2D eigenvalue weighted by molar-refractivity contribution is 5.73. The van der Waals surface area contributed by atoms with Gasteiger partial charge in [-0.15, -0.1) is 0 Å². The van der Waals surface area contributed by atoms with E-state index in [2.05, 4.69) is 5.32 Å². The standard InChI is InChI=1S/C6H13NO.C2H7N/c1-4-7(5-2)6(3)8;1-3-2/h4-5H2,1-3H3;3H,1-2H3. The maximum absolute atomic E-state index is 10.5. The lowest BCUT2D eigenvalue weighted by molar-refractivity contribution is -0.128. The van der Waals surface area contributed by atoms with Gasteiger partial charge in [-0.2, -0.15) is 0 Å². The molecule has 11 heavy (non-hydrogen) atoms. The molecule has 0 saturated carbocycles. The lowest BCUT2D eigenvalue weighted by Gasteiger charge is -2.14. The number of nitrogens with one attached hydrogen (secondary N) is 1. The lowest BCUT2D eigenvalue weighted by atomic mass is 10.5. The predicted octanol–water partition coefficient (Wildman–Crippen LogP) is 0.710. The first-order valence-electron chi connectivity index (χ1n) is 3.97. The Hall–Kier alpha value is -0.570. The zero-order valence-electron chi connectivity index (χ0n) is 8.27. The van der Waals surface area contributed by atoms with Gasteiger partial charge in [0, 0.05) is 20.0 Å². The van der Waals surface area contributed by atoms with Crippen LogP contribution in [0.3, 0.4) is 0 Å². The molecule has 3 heteroatoms. The van der Waals surface area contributed by atoms with E-state index in [1.165, 1.54) is 0 Å². The number of hydrogen-bond donors (Lipinski definition) is 1. The van der Waals surface area contributed by atoms with Crippen LogP contribution in [0, 0.1) is 0 Å². The van der Waals surface area contributed by atoms with Crippen LogP contribution in [0.25, 0.3) is 0 Å². The number of nitrogens with zero attached hydrogens (tertiary/aromatic N) is 1. The van der Waals surface area contributed by atoms with Crippen LogP contribution in [0.5, 0.6) is 0 Å². The summed E-state index contributed by atoms with van der Waals surface area (Å²) in [7, 11) is 3.75. The zero-order chi connectivity index (χ0) is 9.28. The van der Waals surface area contributed by atoms with Gasteiger partial charge in [0.1, 0.15) is 0 Å². The Morgan fingerprint density at radius 3 is 1.55 bits per heavy atom. The third-order valence-corrected chi connectivity index (χ3v) is 1.21. The van der Waals surface area contributed by atoms with Crippen molar-refractivity contribution in [2.75, 3.05) is 27.2 Å². The normalized spacial score (nSPS) is 8.09. The lowest BCUT2D eigenvalue weighted by Crippen LogP contribution is -2.27. The monoisotopic (exact) mass is 160 g/mol. The molecule has 0 heterocycles. The summed E-state index contributed by atoms with van der Waals surface area (Å²) in [5.41, 5.74) is 0. The minimum atomic E-state index is 0.162. The van der Waals surface area contributed by atoms with E-state index in [1.54, 1.807) is 11.8 Å². The van der Waals surface area contributed by atoms with Gasteiger partial charge in [-0.25, -0.2) is 0 Å². The zero-order valence-corrected chi connectivity index (χ0v) is 8.27. The van der Waals surface area contributed by atoms with Gasteiger partial charge in [-0.05, 0) is 27.9 Å². The van der Waals surface area contributed by atoms with Crippen LogP contribution in [0.15, 0.2) is 0 Å². The van der Waals surface area contributed by atoms with Crippen LogP contribution >= 0.6 is 0 Å². The van der Waals surface area contributed by atoms with Crippen LogP contribution in [0.4, 0.5) is 0 Å². The third-order valence-electron chi connectivity index (χ3n) is 1.21. The van der Waals surface area contributed by atoms with E-state index in [-0.39, 0.29) is 5.91 Å². The largest absolute Gasteiger partial charge is 0.343 e. The first-order chi connectivity index (χ1) is 5.13. The van der Waals surface area contributed by atoms with Crippen LogP contribution in [-0.4, -0.2) is 38.0 Å². The van der Waals surface area contributed by atoms with Gasteiger partial charge in [-0.3, -0.25) is 4.79 Å². The van der Waals surface area contributed by atoms with E-state index in [1.807, 2.05) is 27.9 Å². The fourth-order valence-electron chi connectivity index (χ4n) is 0.669. The highest BCUT2D eigenvalue weighted by atomic mass is 16.2. The Bertz CT molecular complexity index is 90.1. The average molecular weight is 160 g/mol. The molecule has 0 aliphatic heterocycles. The molecule has 0 aliphatic carbocycles. The van der Waals surface area contributed by atoms with Crippen molar-refractivity contribution >= 4 is 5.91 Å². The maximum Gasteiger partial charge on any atom is 0.219 e. The molecular formula is C8H20N2O. The van der Waals surface area contributed by atoms with Crippen molar-refractivity contribution in [1.82, 2.24) is 10.2 Å². The van der Waals surface area contributed by atoms with E-state index in [0.29, 0.717) is 0 Å². The summed E-state index contributed by atoms with van der Waals surface area (Å²) in [5, 5.41) is 2.75. The number of amides is 1. The van der Waals surface area contributed by atoms with Gasteiger partial charge in [0.25, 0.3) is 0 Å². The summed E-state index contributed by atoms with van der Waals surface area (Å²) in [5.74, 6) is 0.162. The number of hydrogen-bond acceptors (Lipinski definition) is 2. The van der Waals surface area contributed by atoms with Crippen LogP contribution in [-0.2, 0) is 4.79 Å². The molecule has 0 saturated heterocycles. The molecular weight excluding hydrogens is 140 g/mol. The molecule has 0 aromatic rings. The van der Waals surface area contributed by atoms with Gasteiger partial charge in [0.05, 0.1) is 0 Å². The molecule has 0 bridgehead atoms. The van der Waals surface area contributed by atoms with Crippen molar-refractivity contribution in [3.8, 4) is 0 Å². The molecule has 0 rings (SSSR count). The fourth-order valence-corrected chi connectivity index (χ4v) is 0.669. The predicted molar refractivity (Wildman–Crippen MR) is 48.6 cm³/mol. The molecule has 3 nitrogen and oxygen atoms in total. The van der Waals surface area contributed by atoms with Crippen molar-refractivity contribution in [3.05, 3.63) is 0 Å². The number of carbonyl (C=O) groups is 1. The van der Waals surface area contributed by atoms with Crippen LogP contribution < -0.4 is 5.32 Å². The molecule has 1 amide bonds. The fraction of sp³-hybridized carbons (Fsp3) is 0.875. The second-order valence-corrected chi connectivity index (χ2v) is 2.19. The van der Waals surface area contributed by atoms with Crippen LogP contribution in [0.1, 0.15) is 20.8 Å². The second-order valence-electron chi connectivity index (χ2n) is 2.19. The van der Waals surface area contributed by atoms with Crippen molar-refractivity contribution in [2.24, 2.45) is 0 Å². The van der Waals surface area contributed by atoms with Crippen molar-refractivity contribution in [3.63, 3.8) is 0 Å². The Morgan fingerprint density at radius 2 is 1.55 bits per heavy atom. The summed E-state index contributed by atoms with van der Waals surface area (Å²) in [6.07, 6.45) is 0. The summed E-state index contributed by atoms with van der Waals surface area (Å²) >= 11 is 0. The van der Waals surface area contributed by atoms with E-state index >= 15 is 0 Å². The molecule has 0 fully saturated rings. The quantitative estimate of drug-likeness (QED) is 0.645. The highest BCUT2D eigenvalue weighted by Gasteiger charge is 1.99. The minimum Gasteiger partial charge on any atom is -0.343 e. The van der Waals surface area contributed by atoms with Crippen molar-refractivity contribution in [2.45, 2.75) is 20.8 Å². The molecule has 0 aromatic carbocycles. The Morgan fingerprint density at radius 1 is 1.27 bits per heavy atom. The maximum atomic E-state index is 10.5. The van der Waals surface area contributed by atoms with E-state index in [9.17, 15) is 4.79 Å². The number of carbonyl (C=O) groups excluding carboxylic acids is 1. The van der Waals surface area contributed by atoms with Gasteiger partial charge < -0.3 is 10.2 Å². The Kier molecular flexibility index (Phi) is 11.2. The molecule has 0 radical (unpaired) electrons. The van der Waals surface area contributed by atoms with E-state index < -0.39 is 0 Å². The third kappa shape index (κ3) is 9.43. The van der Waals surface area contributed by atoms with E-state index in [0.717, 1.165) is 13.1 Å². The molecule has 68 valence electrons. The molecule has 0 atom stereocenters. The molecule has 0 spiro atoms. The summed E-state index contributed by atoms with van der Waals surface area (Å²) < 4.78 is 0. The van der Waals surface area contributed by atoms with Gasteiger partial charge in [0.2, 0.25) is 5.91 Å². The topological polar surface area (TPSA) is 32.3 Å².